The maximum absolute atomic E-state index is 13.1. The molecule has 0 atom stereocenters. The fourth-order valence-corrected chi connectivity index (χ4v) is 4.22. The van der Waals surface area contributed by atoms with Crippen molar-refractivity contribution in [3.63, 3.8) is 0 Å². The lowest BCUT2D eigenvalue weighted by molar-refractivity contribution is -0.123. The summed E-state index contributed by atoms with van der Waals surface area (Å²) in [5, 5.41) is 9.31. The van der Waals surface area contributed by atoms with E-state index in [2.05, 4.69) is 20.4 Å². The summed E-state index contributed by atoms with van der Waals surface area (Å²) in [7, 11) is 0. The first-order valence-corrected chi connectivity index (χ1v) is 10.8. The Kier molecular flexibility index (Phi) is 5.45. The number of benzene rings is 1. The van der Waals surface area contributed by atoms with Gasteiger partial charge in [-0.3, -0.25) is 14.2 Å². The smallest absolute Gasteiger partial charge is 0.262 e. The van der Waals surface area contributed by atoms with Crippen molar-refractivity contribution in [1.82, 2.24) is 25.0 Å². The fourth-order valence-electron chi connectivity index (χ4n) is 3.31. The number of hydrogen-bond donors (Lipinski definition) is 1. The van der Waals surface area contributed by atoms with Crippen LogP contribution in [0, 0.1) is 13.8 Å². The molecule has 0 aliphatic heterocycles. The highest BCUT2D eigenvalue weighted by Crippen LogP contribution is 2.30. The number of carbonyl (C=O) groups is 1. The SMILES string of the molecule is Cc1ccc(-c2csc3ncn(CCC(=O)NC(C)(C)c4noc(C)n4)c(=O)c23)cc1. The summed E-state index contributed by atoms with van der Waals surface area (Å²) >= 11 is 1.44. The summed E-state index contributed by atoms with van der Waals surface area (Å²) < 4.78 is 6.48. The van der Waals surface area contributed by atoms with E-state index >= 15 is 0 Å². The van der Waals surface area contributed by atoms with Gasteiger partial charge in [-0.05, 0) is 26.3 Å². The van der Waals surface area contributed by atoms with E-state index in [1.807, 2.05) is 36.6 Å². The molecule has 0 radical (unpaired) electrons. The van der Waals surface area contributed by atoms with Crippen molar-refractivity contribution < 1.29 is 9.32 Å². The van der Waals surface area contributed by atoms with Crippen LogP contribution < -0.4 is 10.9 Å². The number of carbonyl (C=O) groups excluding carboxylic acids is 1. The van der Waals surface area contributed by atoms with Gasteiger partial charge in [0.1, 0.15) is 4.83 Å². The standard InChI is InChI=1S/C22H23N5O3S/c1-13-5-7-15(8-6-13)16-11-31-19-18(16)20(29)27(12-23-19)10-9-17(28)25-22(3,4)21-24-14(2)30-26-21/h5-8,11-12H,9-10H2,1-4H3,(H,25,28). The fraction of sp³-hybridized carbons (Fsp3) is 0.318. The van der Waals surface area contributed by atoms with Crippen molar-refractivity contribution in [3.05, 3.63) is 63.6 Å². The normalized spacial score (nSPS) is 11.7. The topological polar surface area (TPSA) is 103 Å². The highest BCUT2D eigenvalue weighted by molar-refractivity contribution is 7.17. The van der Waals surface area contributed by atoms with E-state index in [1.54, 1.807) is 20.8 Å². The Hall–Kier alpha value is -3.33. The highest BCUT2D eigenvalue weighted by atomic mass is 32.1. The van der Waals surface area contributed by atoms with Gasteiger partial charge in [0.05, 0.1) is 17.3 Å². The van der Waals surface area contributed by atoms with Crippen LogP contribution in [-0.4, -0.2) is 25.6 Å². The summed E-state index contributed by atoms with van der Waals surface area (Å²) in [6, 6.07) is 8.04. The predicted molar refractivity (Wildman–Crippen MR) is 119 cm³/mol. The summed E-state index contributed by atoms with van der Waals surface area (Å²) in [6.07, 6.45) is 1.62. The third kappa shape index (κ3) is 4.27. The number of nitrogens with zero attached hydrogens (tertiary/aromatic N) is 4. The number of aryl methyl sites for hydroxylation is 3. The molecule has 0 unspecified atom stereocenters. The summed E-state index contributed by atoms with van der Waals surface area (Å²) in [5.74, 6) is 0.617. The lowest BCUT2D eigenvalue weighted by atomic mass is 10.0. The van der Waals surface area contributed by atoms with Crippen LogP contribution in [0.15, 0.2) is 45.3 Å². The van der Waals surface area contributed by atoms with E-state index in [1.165, 1.54) is 22.2 Å². The van der Waals surface area contributed by atoms with E-state index in [0.717, 1.165) is 16.7 Å². The minimum atomic E-state index is -0.784. The van der Waals surface area contributed by atoms with Crippen molar-refractivity contribution in [2.75, 3.05) is 0 Å². The highest BCUT2D eigenvalue weighted by Gasteiger charge is 2.28. The zero-order valence-electron chi connectivity index (χ0n) is 17.8. The van der Waals surface area contributed by atoms with Crippen molar-refractivity contribution in [1.29, 1.82) is 0 Å². The first-order valence-electron chi connectivity index (χ1n) is 9.90. The van der Waals surface area contributed by atoms with Crippen molar-refractivity contribution >= 4 is 27.5 Å². The van der Waals surface area contributed by atoms with Crippen LogP contribution in [-0.2, 0) is 16.9 Å². The van der Waals surface area contributed by atoms with Crippen molar-refractivity contribution in [3.8, 4) is 11.1 Å². The summed E-state index contributed by atoms with van der Waals surface area (Å²) in [4.78, 5) is 35.0. The van der Waals surface area contributed by atoms with Gasteiger partial charge < -0.3 is 9.84 Å². The van der Waals surface area contributed by atoms with Gasteiger partial charge in [0.2, 0.25) is 11.8 Å². The molecule has 3 aromatic heterocycles. The molecule has 31 heavy (non-hydrogen) atoms. The summed E-state index contributed by atoms with van der Waals surface area (Å²) in [6.45, 7) is 7.54. The maximum Gasteiger partial charge on any atom is 0.262 e. The van der Waals surface area contributed by atoms with Crippen LogP contribution >= 0.6 is 11.3 Å². The molecule has 0 fully saturated rings. The number of rotatable bonds is 6. The predicted octanol–water partition coefficient (Wildman–Crippen LogP) is 3.57. The quantitative estimate of drug-likeness (QED) is 0.495. The maximum atomic E-state index is 13.1. The van der Waals surface area contributed by atoms with E-state index in [0.29, 0.717) is 21.9 Å². The molecule has 0 spiro atoms. The zero-order chi connectivity index (χ0) is 22.2. The van der Waals surface area contributed by atoms with Crippen molar-refractivity contribution in [2.24, 2.45) is 0 Å². The number of fused-ring (bicyclic) bond motifs is 1. The Labute approximate surface area is 182 Å². The molecule has 1 N–H and O–H groups in total. The molecule has 4 aromatic rings. The van der Waals surface area contributed by atoms with Crippen LogP contribution in [0.2, 0.25) is 0 Å². The lowest BCUT2D eigenvalue weighted by Crippen LogP contribution is -2.42. The lowest BCUT2D eigenvalue weighted by Gasteiger charge is -2.22. The Morgan fingerprint density at radius 3 is 2.65 bits per heavy atom. The Morgan fingerprint density at radius 1 is 1.23 bits per heavy atom. The molecule has 3 heterocycles. The Morgan fingerprint density at radius 2 is 1.97 bits per heavy atom. The average molecular weight is 438 g/mol. The molecule has 160 valence electrons. The molecule has 9 heteroatoms. The Bertz CT molecular complexity index is 1300. The molecule has 0 aliphatic rings. The number of amides is 1. The second-order valence-corrected chi connectivity index (χ2v) is 8.86. The van der Waals surface area contributed by atoms with Crippen molar-refractivity contribution in [2.45, 2.75) is 46.2 Å². The van der Waals surface area contributed by atoms with Crippen LogP contribution in [0.5, 0.6) is 0 Å². The molecule has 8 nitrogen and oxygen atoms in total. The van der Waals surface area contributed by atoms with Gasteiger partial charge in [-0.2, -0.15) is 4.98 Å². The average Bonchev–Trinajstić information content (AvgIpc) is 3.35. The summed E-state index contributed by atoms with van der Waals surface area (Å²) in [5.41, 5.74) is 2.06. The van der Waals surface area contributed by atoms with Gasteiger partial charge in [-0.1, -0.05) is 35.0 Å². The number of aromatic nitrogens is 4. The van der Waals surface area contributed by atoms with Crippen LogP contribution in [0.3, 0.4) is 0 Å². The molecular weight excluding hydrogens is 414 g/mol. The first-order chi connectivity index (χ1) is 14.7. The van der Waals surface area contributed by atoms with E-state index in [4.69, 9.17) is 4.52 Å². The Balaban J connectivity index is 1.53. The molecule has 1 amide bonds. The number of hydrogen-bond acceptors (Lipinski definition) is 7. The van der Waals surface area contributed by atoms with Gasteiger partial charge in [0, 0.05) is 30.8 Å². The number of thiophene rings is 1. The van der Waals surface area contributed by atoms with E-state index < -0.39 is 5.54 Å². The number of nitrogens with one attached hydrogen (secondary N) is 1. The third-order valence-electron chi connectivity index (χ3n) is 5.04. The third-order valence-corrected chi connectivity index (χ3v) is 5.93. The molecule has 0 saturated carbocycles. The van der Waals surface area contributed by atoms with Gasteiger partial charge in [0.15, 0.2) is 5.82 Å². The largest absolute Gasteiger partial charge is 0.344 e. The molecule has 0 saturated heterocycles. The first kappa shape index (κ1) is 20.9. The van der Waals surface area contributed by atoms with Gasteiger partial charge >= 0.3 is 0 Å². The molecule has 0 aliphatic carbocycles. The minimum absolute atomic E-state index is 0.122. The van der Waals surface area contributed by atoms with Gasteiger partial charge in [0.25, 0.3) is 5.56 Å². The van der Waals surface area contributed by atoms with E-state index in [9.17, 15) is 9.59 Å². The van der Waals surface area contributed by atoms with Crippen LogP contribution in [0.1, 0.15) is 37.5 Å². The molecule has 4 rings (SSSR count). The molecule has 0 bridgehead atoms. The second-order valence-electron chi connectivity index (χ2n) is 8.00. The van der Waals surface area contributed by atoms with E-state index in [-0.39, 0.29) is 24.4 Å². The van der Waals surface area contributed by atoms with Gasteiger partial charge in [-0.15, -0.1) is 11.3 Å². The van der Waals surface area contributed by atoms with Gasteiger partial charge in [-0.25, -0.2) is 4.98 Å². The molecular formula is C22H23N5O3S. The second kappa shape index (κ2) is 8.07. The molecule has 1 aromatic carbocycles. The minimum Gasteiger partial charge on any atom is -0.344 e. The zero-order valence-corrected chi connectivity index (χ0v) is 18.6. The van der Waals surface area contributed by atoms with Crippen LogP contribution in [0.4, 0.5) is 0 Å². The monoisotopic (exact) mass is 437 g/mol. The van der Waals surface area contributed by atoms with Crippen LogP contribution in [0.25, 0.3) is 21.3 Å².